The lowest BCUT2D eigenvalue weighted by molar-refractivity contribution is -0.107. The van der Waals surface area contributed by atoms with E-state index in [1.165, 1.54) is 6.07 Å². The summed E-state index contributed by atoms with van der Waals surface area (Å²) in [7, 11) is 0. The highest BCUT2D eigenvalue weighted by Crippen LogP contribution is 2.33. The summed E-state index contributed by atoms with van der Waals surface area (Å²) >= 11 is 12.0. The van der Waals surface area contributed by atoms with Crippen LogP contribution in [0.25, 0.3) is 11.1 Å². The molecule has 0 fully saturated rings. The highest BCUT2D eigenvalue weighted by Gasteiger charge is 2.15. The van der Waals surface area contributed by atoms with Crippen LogP contribution < -0.4 is 0 Å². The summed E-state index contributed by atoms with van der Waals surface area (Å²) in [5, 5.41) is 0.405. The smallest absolute Gasteiger partial charge is 0.134 e. The van der Waals surface area contributed by atoms with Crippen LogP contribution in [-0.4, -0.2) is 11.3 Å². The minimum atomic E-state index is -0.333. The summed E-state index contributed by atoms with van der Waals surface area (Å²) < 4.78 is 14.3. The van der Waals surface area contributed by atoms with Gasteiger partial charge >= 0.3 is 0 Å². The van der Waals surface area contributed by atoms with E-state index in [0.717, 1.165) is 18.3 Å². The van der Waals surface area contributed by atoms with Crippen molar-refractivity contribution in [2.45, 2.75) is 26.2 Å². The van der Waals surface area contributed by atoms with Gasteiger partial charge in [-0.25, -0.2) is 9.37 Å². The minimum absolute atomic E-state index is 0.198. The predicted octanol–water partition coefficient (Wildman–Crippen LogP) is 4.89. The van der Waals surface area contributed by atoms with Gasteiger partial charge in [-0.05, 0) is 41.7 Å². The Morgan fingerprint density at radius 3 is 2.62 bits per heavy atom. The summed E-state index contributed by atoms with van der Waals surface area (Å²) in [6.45, 7) is 1.96. The van der Waals surface area contributed by atoms with Crippen molar-refractivity contribution in [3.8, 4) is 11.1 Å². The average molecular weight is 326 g/mol. The Hall–Kier alpha value is -1.45. The lowest BCUT2D eigenvalue weighted by Gasteiger charge is -2.12. The molecule has 2 aromatic rings. The maximum Gasteiger partial charge on any atom is 0.134 e. The van der Waals surface area contributed by atoms with E-state index in [4.69, 9.17) is 23.2 Å². The molecule has 0 unspecified atom stereocenters. The van der Waals surface area contributed by atoms with Crippen LogP contribution in [0, 0.1) is 5.82 Å². The molecule has 0 aliphatic carbocycles. The van der Waals surface area contributed by atoms with Gasteiger partial charge in [0.25, 0.3) is 0 Å². The third kappa shape index (κ3) is 3.60. The zero-order valence-electron chi connectivity index (χ0n) is 11.5. The molecule has 0 amide bonds. The van der Waals surface area contributed by atoms with Gasteiger partial charge < -0.3 is 4.79 Å². The van der Waals surface area contributed by atoms with Crippen LogP contribution in [0.4, 0.5) is 4.39 Å². The van der Waals surface area contributed by atoms with E-state index in [1.807, 2.05) is 13.0 Å². The SMILES string of the molecule is CCc1ccc(-c2cc(Cl)nc(Cl)c2CCC=O)c(F)c1. The predicted molar refractivity (Wildman–Crippen MR) is 83.4 cm³/mol. The highest BCUT2D eigenvalue weighted by molar-refractivity contribution is 6.33. The Morgan fingerprint density at radius 1 is 1.24 bits per heavy atom. The molecule has 0 aliphatic heterocycles. The fourth-order valence-electron chi connectivity index (χ4n) is 2.19. The number of carbonyl (C=O) groups is 1. The van der Waals surface area contributed by atoms with E-state index in [9.17, 15) is 9.18 Å². The summed E-state index contributed by atoms with van der Waals surface area (Å²) in [6, 6.07) is 6.66. The number of hydrogen-bond acceptors (Lipinski definition) is 2. The number of nitrogens with zero attached hydrogens (tertiary/aromatic N) is 1. The summed E-state index contributed by atoms with van der Waals surface area (Å²) in [5.74, 6) is -0.333. The third-order valence-electron chi connectivity index (χ3n) is 3.29. The first-order valence-corrected chi connectivity index (χ1v) is 7.39. The van der Waals surface area contributed by atoms with Crippen molar-refractivity contribution >= 4 is 29.5 Å². The summed E-state index contributed by atoms with van der Waals surface area (Å²) in [4.78, 5) is 14.6. The topological polar surface area (TPSA) is 30.0 Å². The van der Waals surface area contributed by atoms with Gasteiger partial charge in [-0.2, -0.15) is 0 Å². The van der Waals surface area contributed by atoms with Crippen molar-refractivity contribution in [3.63, 3.8) is 0 Å². The van der Waals surface area contributed by atoms with E-state index in [-0.39, 0.29) is 16.1 Å². The molecule has 2 rings (SSSR count). The molecule has 21 heavy (non-hydrogen) atoms. The normalized spacial score (nSPS) is 10.7. The van der Waals surface area contributed by atoms with Crippen LogP contribution in [0.15, 0.2) is 24.3 Å². The quantitative estimate of drug-likeness (QED) is 0.578. The maximum absolute atomic E-state index is 14.3. The second kappa shape index (κ2) is 7.01. The van der Waals surface area contributed by atoms with Crippen molar-refractivity contribution in [2.75, 3.05) is 0 Å². The minimum Gasteiger partial charge on any atom is -0.303 e. The molecule has 5 heteroatoms. The van der Waals surface area contributed by atoms with Gasteiger partial charge in [0.05, 0.1) is 0 Å². The Labute approximate surface area is 132 Å². The van der Waals surface area contributed by atoms with Gasteiger partial charge in [-0.3, -0.25) is 0 Å². The zero-order chi connectivity index (χ0) is 15.4. The number of aromatic nitrogens is 1. The molecule has 0 N–H and O–H groups in total. The van der Waals surface area contributed by atoms with Crippen LogP contribution in [0.5, 0.6) is 0 Å². The van der Waals surface area contributed by atoms with Crippen LogP contribution >= 0.6 is 23.2 Å². The highest BCUT2D eigenvalue weighted by atomic mass is 35.5. The molecule has 1 heterocycles. The molecule has 0 saturated heterocycles. The van der Waals surface area contributed by atoms with Crippen molar-refractivity contribution in [3.05, 3.63) is 51.5 Å². The molecule has 1 aromatic heterocycles. The Bertz CT molecular complexity index is 674. The lowest BCUT2D eigenvalue weighted by atomic mass is 9.97. The largest absolute Gasteiger partial charge is 0.303 e. The van der Waals surface area contributed by atoms with Gasteiger partial charge in [0.1, 0.15) is 22.4 Å². The monoisotopic (exact) mass is 325 g/mol. The zero-order valence-corrected chi connectivity index (χ0v) is 13.0. The van der Waals surface area contributed by atoms with Gasteiger partial charge in [0, 0.05) is 12.0 Å². The number of halogens is 3. The third-order valence-corrected chi connectivity index (χ3v) is 3.79. The fourth-order valence-corrected chi connectivity index (χ4v) is 2.71. The number of carbonyl (C=O) groups excluding carboxylic acids is 1. The first kappa shape index (κ1) is 15.9. The standard InChI is InChI=1S/C16H14Cl2FNO/c1-2-10-5-6-11(14(19)8-10)13-9-15(17)20-16(18)12(13)4-3-7-21/h5-9H,2-4H2,1H3. The number of aryl methyl sites for hydroxylation is 1. The maximum atomic E-state index is 14.3. The second-order valence-electron chi connectivity index (χ2n) is 4.63. The van der Waals surface area contributed by atoms with E-state index in [2.05, 4.69) is 4.98 Å². The molecule has 2 nitrogen and oxygen atoms in total. The number of aldehydes is 1. The first-order valence-electron chi connectivity index (χ1n) is 6.64. The van der Waals surface area contributed by atoms with Crippen LogP contribution in [0.3, 0.4) is 0 Å². The number of hydrogen-bond donors (Lipinski definition) is 0. The molecular weight excluding hydrogens is 312 g/mol. The molecule has 0 saturated carbocycles. The van der Waals surface area contributed by atoms with Crippen LogP contribution in [0.2, 0.25) is 10.3 Å². The molecule has 0 radical (unpaired) electrons. The van der Waals surface area contributed by atoms with E-state index < -0.39 is 0 Å². The lowest BCUT2D eigenvalue weighted by Crippen LogP contribution is -1.98. The molecule has 0 spiro atoms. The molecular formula is C16H14Cl2FNO. The van der Waals surface area contributed by atoms with Crippen LogP contribution in [-0.2, 0) is 17.6 Å². The van der Waals surface area contributed by atoms with Crippen molar-refractivity contribution in [2.24, 2.45) is 0 Å². The second-order valence-corrected chi connectivity index (χ2v) is 5.38. The molecule has 110 valence electrons. The first-order chi connectivity index (χ1) is 10.1. The molecule has 0 aliphatic rings. The van der Waals surface area contributed by atoms with Gasteiger partial charge in [0.2, 0.25) is 0 Å². The van der Waals surface area contributed by atoms with Crippen molar-refractivity contribution in [1.82, 2.24) is 4.98 Å². The summed E-state index contributed by atoms with van der Waals surface area (Å²) in [5.41, 5.74) is 2.55. The Kier molecular flexibility index (Phi) is 5.32. The number of pyridine rings is 1. The van der Waals surface area contributed by atoms with E-state index in [0.29, 0.717) is 29.5 Å². The molecule has 0 atom stereocenters. The van der Waals surface area contributed by atoms with Crippen molar-refractivity contribution < 1.29 is 9.18 Å². The molecule has 0 bridgehead atoms. The van der Waals surface area contributed by atoms with Gasteiger partial charge in [-0.15, -0.1) is 0 Å². The fraction of sp³-hybridized carbons (Fsp3) is 0.250. The van der Waals surface area contributed by atoms with Crippen molar-refractivity contribution in [1.29, 1.82) is 0 Å². The van der Waals surface area contributed by atoms with Crippen LogP contribution in [0.1, 0.15) is 24.5 Å². The molecule has 1 aromatic carbocycles. The Balaban J connectivity index is 2.58. The van der Waals surface area contributed by atoms with E-state index in [1.54, 1.807) is 12.1 Å². The summed E-state index contributed by atoms with van der Waals surface area (Å²) in [6.07, 6.45) is 2.25. The van der Waals surface area contributed by atoms with Gasteiger partial charge in [0.15, 0.2) is 0 Å². The van der Waals surface area contributed by atoms with E-state index >= 15 is 0 Å². The average Bonchev–Trinajstić information content (AvgIpc) is 2.45. The Morgan fingerprint density at radius 2 is 2.00 bits per heavy atom. The van der Waals surface area contributed by atoms with Gasteiger partial charge in [-0.1, -0.05) is 42.3 Å². The number of benzene rings is 1. The number of rotatable bonds is 5.